The lowest BCUT2D eigenvalue weighted by Crippen LogP contribution is -2.48. The summed E-state index contributed by atoms with van der Waals surface area (Å²) in [5.74, 6) is 4.95. The van der Waals surface area contributed by atoms with Gasteiger partial charge in [0.2, 0.25) is 0 Å². The Balaban J connectivity index is 1.48. The highest BCUT2D eigenvalue weighted by atomic mass is 16.3. The van der Waals surface area contributed by atoms with Crippen molar-refractivity contribution in [3.63, 3.8) is 0 Å². The standard InChI is InChI=1S/C26H44O2/c1-17(10-13-24(2,3)27)22-8-9-23-21-7-6-18-16-25(4,28)14-11-19(18)20(21)12-15-26(22,23)5/h6,17,19-23,27-28H,7-16H2,1-5H3/t17-,19+,20?,21?,22-,23?,25+,26-/m1/s1. The van der Waals surface area contributed by atoms with Crippen LogP contribution in [0.2, 0.25) is 0 Å². The molecule has 3 saturated carbocycles. The number of aliphatic hydroxyl groups is 2. The Hall–Kier alpha value is -0.340. The molecule has 4 rings (SSSR count). The second-order valence-corrected chi connectivity index (χ2v) is 12.3. The Labute approximate surface area is 173 Å². The van der Waals surface area contributed by atoms with E-state index >= 15 is 0 Å². The Kier molecular flexibility index (Phi) is 5.32. The quantitative estimate of drug-likeness (QED) is 0.570. The van der Waals surface area contributed by atoms with Crippen LogP contribution in [0.4, 0.5) is 0 Å². The molecular weight excluding hydrogens is 344 g/mol. The van der Waals surface area contributed by atoms with Gasteiger partial charge in [-0.1, -0.05) is 25.5 Å². The lowest BCUT2D eigenvalue weighted by molar-refractivity contribution is -0.0422. The second kappa shape index (κ2) is 7.12. The first-order valence-electron chi connectivity index (χ1n) is 12.1. The van der Waals surface area contributed by atoms with Gasteiger partial charge in [-0.05, 0) is 126 Å². The van der Waals surface area contributed by atoms with Crippen LogP contribution in [0, 0.1) is 40.9 Å². The minimum Gasteiger partial charge on any atom is -0.390 e. The van der Waals surface area contributed by atoms with Crippen LogP contribution in [0.25, 0.3) is 0 Å². The van der Waals surface area contributed by atoms with Crippen LogP contribution < -0.4 is 0 Å². The number of hydrogen-bond donors (Lipinski definition) is 2. The lowest BCUT2D eigenvalue weighted by atomic mass is 9.50. The highest BCUT2D eigenvalue weighted by molar-refractivity contribution is 5.21. The smallest absolute Gasteiger partial charge is 0.0657 e. The Morgan fingerprint density at radius 3 is 2.57 bits per heavy atom. The molecule has 0 saturated heterocycles. The van der Waals surface area contributed by atoms with Crippen LogP contribution in [-0.4, -0.2) is 21.4 Å². The summed E-state index contributed by atoms with van der Waals surface area (Å²) < 4.78 is 0. The molecule has 3 fully saturated rings. The molecule has 4 aliphatic rings. The van der Waals surface area contributed by atoms with Gasteiger partial charge in [0.15, 0.2) is 0 Å². The molecule has 3 unspecified atom stereocenters. The average molecular weight is 389 g/mol. The Morgan fingerprint density at radius 2 is 1.86 bits per heavy atom. The van der Waals surface area contributed by atoms with E-state index in [0.29, 0.717) is 5.41 Å². The van der Waals surface area contributed by atoms with Crippen molar-refractivity contribution in [2.45, 2.75) is 110 Å². The largest absolute Gasteiger partial charge is 0.390 e. The molecule has 0 aliphatic heterocycles. The number of fused-ring (bicyclic) bond motifs is 5. The van der Waals surface area contributed by atoms with Crippen LogP contribution in [0.5, 0.6) is 0 Å². The molecule has 0 aromatic carbocycles. The fourth-order valence-corrected chi connectivity index (χ4v) is 8.22. The predicted octanol–water partition coefficient (Wildman–Crippen LogP) is 6.11. The van der Waals surface area contributed by atoms with E-state index in [1.807, 2.05) is 20.8 Å². The molecule has 0 amide bonds. The maximum Gasteiger partial charge on any atom is 0.0657 e. The van der Waals surface area contributed by atoms with Gasteiger partial charge < -0.3 is 10.2 Å². The normalized spacial score (nSPS) is 47.0. The Bertz CT molecular complexity index is 612. The molecule has 0 aromatic rings. The molecule has 0 aromatic heterocycles. The summed E-state index contributed by atoms with van der Waals surface area (Å²) in [5.41, 5.74) is 1.10. The lowest BCUT2D eigenvalue weighted by Gasteiger charge is -2.55. The first-order chi connectivity index (χ1) is 13.0. The summed E-state index contributed by atoms with van der Waals surface area (Å²) in [6, 6.07) is 0. The fourth-order valence-electron chi connectivity index (χ4n) is 8.22. The van der Waals surface area contributed by atoms with Gasteiger partial charge in [0, 0.05) is 0 Å². The van der Waals surface area contributed by atoms with Gasteiger partial charge in [0.1, 0.15) is 0 Å². The fraction of sp³-hybridized carbons (Fsp3) is 0.923. The summed E-state index contributed by atoms with van der Waals surface area (Å²) in [6.07, 6.45) is 14.6. The minimum atomic E-state index is -0.530. The molecule has 4 aliphatic carbocycles. The van der Waals surface area contributed by atoms with Gasteiger partial charge in [-0.25, -0.2) is 0 Å². The molecule has 2 heteroatoms. The summed E-state index contributed by atoms with van der Waals surface area (Å²) in [7, 11) is 0. The van der Waals surface area contributed by atoms with E-state index in [-0.39, 0.29) is 0 Å². The van der Waals surface area contributed by atoms with Gasteiger partial charge in [-0.3, -0.25) is 0 Å². The summed E-state index contributed by atoms with van der Waals surface area (Å²) in [5, 5.41) is 20.7. The monoisotopic (exact) mass is 388 g/mol. The molecule has 2 N–H and O–H groups in total. The zero-order valence-electron chi connectivity index (χ0n) is 19.0. The van der Waals surface area contributed by atoms with Crippen molar-refractivity contribution in [1.82, 2.24) is 0 Å². The van der Waals surface area contributed by atoms with Gasteiger partial charge in [0.05, 0.1) is 11.2 Å². The van der Waals surface area contributed by atoms with Crippen molar-refractivity contribution in [2.24, 2.45) is 40.9 Å². The third-order valence-corrected chi connectivity index (χ3v) is 9.69. The molecule has 2 nitrogen and oxygen atoms in total. The highest BCUT2D eigenvalue weighted by Gasteiger charge is 2.56. The number of rotatable bonds is 4. The molecule has 8 atom stereocenters. The van der Waals surface area contributed by atoms with E-state index in [4.69, 9.17) is 0 Å². The van der Waals surface area contributed by atoms with Crippen molar-refractivity contribution in [3.8, 4) is 0 Å². The van der Waals surface area contributed by atoms with E-state index < -0.39 is 11.2 Å². The van der Waals surface area contributed by atoms with Gasteiger partial charge in [-0.2, -0.15) is 0 Å². The molecule has 160 valence electrons. The van der Waals surface area contributed by atoms with Crippen molar-refractivity contribution in [3.05, 3.63) is 11.6 Å². The second-order valence-electron chi connectivity index (χ2n) is 12.3. The maximum atomic E-state index is 10.5. The van der Waals surface area contributed by atoms with Crippen LogP contribution in [0.1, 0.15) is 98.8 Å². The maximum absolute atomic E-state index is 10.5. The van der Waals surface area contributed by atoms with Crippen LogP contribution >= 0.6 is 0 Å². The van der Waals surface area contributed by atoms with Crippen molar-refractivity contribution < 1.29 is 10.2 Å². The van der Waals surface area contributed by atoms with E-state index in [0.717, 1.165) is 61.2 Å². The number of allylic oxidation sites excluding steroid dienone is 1. The molecule has 0 spiro atoms. The molecule has 28 heavy (non-hydrogen) atoms. The highest BCUT2D eigenvalue weighted by Crippen LogP contribution is 2.65. The Morgan fingerprint density at radius 1 is 1.11 bits per heavy atom. The molecule has 0 radical (unpaired) electrons. The van der Waals surface area contributed by atoms with E-state index in [2.05, 4.69) is 19.9 Å². The van der Waals surface area contributed by atoms with Gasteiger partial charge in [-0.15, -0.1) is 0 Å². The minimum absolute atomic E-state index is 0.466. The summed E-state index contributed by atoms with van der Waals surface area (Å²) in [6.45, 7) is 11.0. The molecule has 0 heterocycles. The number of hydrogen-bond acceptors (Lipinski definition) is 2. The summed E-state index contributed by atoms with van der Waals surface area (Å²) in [4.78, 5) is 0. The van der Waals surface area contributed by atoms with Crippen LogP contribution in [0.15, 0.2) is 11.6 Å². The van der Waals surface area contributed by atoms with Crippen molar-refractivity contribution >= 4 is 0 Å². The van der Waals surface area contributed by atoms with Crippen LogP contribution in [0.3, 0.4) is 0 Å². The SMILES string of the molecule is C[C@H](CCC(C)(C)O)[C@H]1CCC2C3CC=C4C[C@@](C)(O)CC[C@@H]4C3CC[C@@]21C. The third-order valence-electron chi connectivity index (χ3n) is 9.69. The van der Waals surface area contributed by atoms with E-state index in [1.54, 1.807) is 5.57 Å². The van der Waals surface area contributed by atoms with E-state index in [1.165, 1.54) is 38.5 Å². The first-order valence-corrected chi connectivity index (χ1v) is 12.1. The molecule has 0 bridgehead atoms. The summed E-state index contributed by atoms with van der Waals surface area (Å²) >= 11 is 0. The van der Waals surface area contributed by atoms with Crippen LogP contribution in [-0.2, 0) is 0 Å². The zero-order valence-corrected chi connectivity index (χ0v) is 19.0. The first kappa shape index (κ1) is 20.9. The topological polar surface area (TPSA) is 40.5 Å². The van der Waals surface area contributed by atoms with Crippen molar-refractivity contribution in [1.29, 1.82) is 0 Å². The van der Waals surface area contributed by atoms with Crippen molar-refractivity contribution in [2.75, 3.05) is 0 Å². The third kappa shape index (κ3) is 3.73. The zero-order chi connectivity index (χ0) is 20.3. The average Bonchev–Trinajstić information content (AvgIpc) is 2.95. The predicted molar refractivity (Wildman–Crippen MR) is 116 cm³/mol. The van der Waals surface area contributed by atoms with Gasteiger partial charge in [0.25, 0.3) is 0 Å². The van der Waals surface area contributed by atoms with E-state index in [9.17, 15) is 10.2 Å². The molecular formula is C26H44O2. The van der Waals surface area contributed by atoms with Gasteiger partial charge >= 0.3 is 0 Å².